The van der Waals surface area contributed by atoms with E-state index in [0.717, 1.165) is 16.8 Å². The Morgan fingerprint density at radius 3 is 2.52 bits per heavy atom. The molecule has 2 amide bonds. The van der Waals surface area contributed by atoms with Crippen LogP contribution in [0.25, 0.3) is 10.9 Å². The van der Waals surface area contributed by atoms with E-state index in [1.54, 1.807) is 18.6 Å². The quantitative estimate of drug-likeness (QED) is 0.691. The van der Waals surface area contributed by atoms with Crippen LogP contribution in [0.3, 0.4) is 0 Å². The fourth-order valence-electron chi connectivity index (χ4n) is 3.55. The highest BCUT2D eigenvalue weighted by molar-refractivity contribution is 6.04. The Morgan fingerprint density at radius 1 is 1.10 bits per heavy atom. The molecule has 149 valence electrons. The number of amides is 2. The second-order valence-electron chi connectivity index (χ2n) is 7.01. The summed E-state index contributed by atoms with van der Waals surface area (Å²) in [6.45, 7) is 2.63. The zero-order chi connectivity index (χ0) is 20.4. The van der Waals surface area contributed by atoms with Gasteiger partial charge in [0.15, 0.2) is 5.69 Å². The fourth-order valence-corrected chi connectivity index (χ4v) is 3.55. The number of rotatable bonds is 5. The van der Waals surface area contributed by atoms with Gasteiger partial charge in [-0.1, -0.05) is 6.07 Å². The Labute approximate surface area is 167 Å². The first-order valence-electron chi connectivity index (χ1n) is 9.41. The molecule has 1 aliphatic rings. The highest BCUT2D eigenvalue weighted by Crippen LogP contribution is 2.20. The van der Waals surface area contributed by atoms with Crippen molar-refractivity contribution in [1.29, 1.82) is 0 Å². The SMILES string of the molecule is NC(=O)c1n[nH]c2ccc(C[CH]C(=O)N3CCN(c4ccc(F)cc4)CC3)cc12. The number of hydrogen-bond acceptors (Lipinski definition) is 4. The molecule has 0 spiro atoms. The van der Waals surface area contributed by atoms with E-state index in [1.807, 2.05) is 23.1 Å². The van der Waals surface area contributed by atoms with Crippen LogP contribution in [0.5, 0.6) is 0 Å². The molecule has 0 atom stereocenters. The molecule has 1 fully saturated rings. The molecule has 29 heavy (non-hydrogen) atoms. The van der Waals surface area contributed by atoms with E-state index in [-0.39, 0.29) is 17.4 Å². The third kappa shape index (κ3) is 4.06. The molecule has 0 bridgehead atoms. The van der Waals surface area contributed by atoms with Gasteiger partial charge in [-0.05, 0) is 48.4 Å². The molecule has 0 unspecified atom stereocenters. The summed E-state index contributed by atoms with van der Waals surface area (Å²) in [6, 6.07) is 11.9. The highest BCUT2D eigenvalue weighted by atomic mass is 19.1. The maximum atomic E-state index is 13.1. The fraction of sp³-hybridized carbons (Fsp3) is 0.238. The highest BCUT2D eigenvalue weighted by Gasteiger charge is 2.21. The Hall–Kier alpha value is -3.42. The molecule has 8 heteroatoms. The summed E-state index contributed by atoms with van der Waals surface area (Å²) >= 11 is 0. The van der Waals surface area contributed by atoms with Crippen LogP contribution < -0.4 is 10.6 Å². The second-order valence-corrected chi connectivity index (χ2v) is 7.01. The number of piperazine rings is 1. The van der Waals surface area contributed by atoms with Crippen molar-refractivity contribution < 1.29 is 14.0 Å². The van der Waals surface area contributed by atoms with Gasteiger partial charge >= 0.3 is 0 Å². The summed E-state index contributed by atoms with van der Waals surface area (Å²) in [4.78, 5) is 28.0. The third-order valence-electron chi connectivity index (χ3n) is 5.16. The average molecular weight is 394 g/mol. The zero-order valence-corrected chi connectivity index (χ0v) is 15.8. The van der Waals surface area contributed by atoms with Crippen LogP contribution in [-0.4, -0.2) is 53.1 Å². The van der Waals surface area contributed by atoms with E-state index < -0.39 is 5.91 Å². The molecule has 2 aromatic carbocycles. The van der Waals surface area contributed by atoms with E-state index in [4.69, 9.17) is 5.73 Å². The number of carbonyl (C=O) groups excluding carboxylic acids is 2. The minimum Gasteiger partial charge on any atom is -0.368 e. The molecule has 1 radical (unpaired) electrons. The number of nitrogens with one attached hydrogen (secondary N) is 1. The lowest BCUT2D eigenvalue weighted by atomic mass is 10.1. The van der Waals surface area contributed by atoms with Crippen molar-refractivity contribution in [2.24, 2.45) is 5.73 Å². The van der Waals surface area contributed by atoms with E-state index in [2.05, 4.69) is 15.1 Å². The number of nitrogens with two attached hydrogens (primary N) is 1. The molecule has 2 heterocycles. The molecule has 3 aromatic rings. The molecule has 1 saturated heterocycles. The van der Waals surface area contributed by atoms with Gasteiger partial charge in [-0.2, -0.15) is 5.10 Å². The van der Waals surface area contributed by atoms with Gasteiger partial charge in [0, 0.05) is 37.3 Å². The molecule has 0 saturated carbocycles. The lowest BCUT2D eigenvalue weighted by Crippen LogP contribution is -2.49. The molecule has 7 nitrogen and oxygen atoms in total. The van der Waals surface area contributed by atoms with Crippen LogP contribution in [0.15, 0.2) is 42.5 Å². The van der Waals surface area contributed by atoms with E-state index in [0.29, 0.717) is 38.0 Å². The average Bonchev–Trinajstić information content (AvgIpc) is 3.16. The number of fused-ring (bicyclic) bond motifs is 1. The van der Waals surface area contributed by atoms with Gasteiger partial charge in [0.2, 0.25) is 5.91 Å². The van der Waals surface area contributed by atoms with Crippen molar-refractivity contribution in [2.75, 3.05) is 31.1 Å². The van der Waals surface area contributed by atoms with Crippen LogP contribution in [0, 0.1) is 12.2 Å². The minimum atomic E-state index is -0.590. The van der Waals surface area contributed by atoms with Gasteiger partial charge in [0.05, 0.1) is 11.9 Å². The number of primary amides is 1. The second kappa shape index (κ2) is 7.90. The molecule has 0 aliphatic carbocycles. The largest absolute Gasteiger partial charge is 0.368 e. The number of aromatic amines is 1. The first kappa shape index (κ1) is 18.9. The van der Waals surface area contributed by atoms with Crippen molar-refractivity contribution in [3.63, 3.8) is 0 Å². The lowest BCUT2D eigenvalue weighted by molar-refractivity contribution is -0.127. The minimum absolute atomic E-state index is 0.0221. The van der Waals surface area contributed by atoms with Crippen molar-refractivity contribution in [3.05, 3.63) is 66.0 Å². The number of H-pyrrole nitrogens is 1. The molecule has 4 rings (SSSR count). The number of carbonyl (C=O) groups is 2. The summed E-state index contributed by atoms with van der Waals surface area (Å²) in [7, 11) is 0. The van der Waals surface area contributed by atoms with Gasteiger partial charge in [0.1, 0.15) is 5.82 Å². The number of aromatic nitrogens is 2. The van der Waals surface area contributed by atoms with Gasteiger partial charge < -0.3 is 15.5 Å². The lowest BCUT2D eigenvalue weighted by Gasteiger charge is -2.36. The van der Waals surface area contributed by atoms with E-state index in [9.17, 15) is 14.0 Å². The van der Waals surface area contributed by atoms with E-state index in [1.165, 1.54) is 12.1 Å². The Morgan fingerprint density at radius 2 is 1.83 bits per heavy atom. The summed E-state index contributed by atoms with van der Waals surface area (Å²) in [5, 5.41) is 7.36. The Balaban J connectivity index is 1.33. The number of hydrogen-bond donors (Lipinski definition) is 2. The molecule has 3 N–H and O–H groups in total. The zero-order valence-electron chi connectivity index (χ0n) is 15.8. The summed E-state index contributed by atoms with van der Waals surface area (Å²) in [5.74, 6) is -0.868. The van der Waals surface area contributed by atoms with Crippen LogP contribution in [0.4, 0.5) is 10.1 Å². The van der Waals surface area contributed by atoms with Crippen LogP contribution in [-0.2, 0) is 11.2 Å². The third-order valence-corrected chi connectivity index (χ3v) is 5.16. The summed E-state index contributed by atoms with van der Waals surface area (Å²) < 4.78 is 13.1. The van der Waals surface area contributed by atoms with Crippen LogP contribution in [0.2, 0.25) is 0 Å². The van der Waals surface area contributed by atoms with Crippen molar-refractivity contribution in [3.8, 4) is 0 Å². The number of halogens is 1. The maximum absolute atomic E-state index is 13.1. The predicted molar refractivity (Wildman–Crippen MR) is 108 cm³/mol. The maximum Gasteiger partial charge on any atom is 0.269 e. The van der Waals surface area contributed by atoms with E-state index >= 15 is 0 Å². The van der Waals surface area contributed by atoms with Gasteiger partial charge in [-0.3, -0.25) is 14.7 Å². The van der Waals surface area contributed by atoms with Crippen molar-refractivity contribution in [2.45, 2.75) is 6.42 Å². The molecule has 1 aliphatic heterocycles. The Kier molecular flexibility index (Phi) is 5.16. The number of benzene rings is 2. The normalized spacial score (nSPS) is 14.4. The van der Waals surface area contributed by atoms with Crippen molar-refractivity contribution in [1.82, 2.24) is 15.1 Å². The van der Waals surface area contributed by atoms with Crippen LogP contribution >= 0.6 is 0 Å². The number of anilines is 1. The van der Waals surface area contributed by atoms with Crippen molar-refractivity contribution >= 4 is 28.4 Å². The Bertz CT molecular complexity index is 1040. The first-order chi connectivity index (χ1) is 14.0. The first-order valence-corrected chi connectivity index (χ1v) is 9.41. The molecule has 1 aromatic heterocycles. The van der Waals surface area contributed by atoms with Crippen LogP contribution in [0.1, 0.15) is 16.1 Å². The summed E-state index contributed by atoms with van der Waals surface area (Å²) in [5.41, 5.74) is 8.13. The number of nitrogens with zero attached hydrogens (tertiary/aromatic N) is 3. The predicted octanol–water partition coefficient (Wildman–Crippen LogP) is 1.90. The standard InChI is InChI=1S/C21H21FN5O2/c22-15-3-5-16(6-4-15)26-9-11-27(12-10-26)19(28)8-2-14-1-7-18-17(13-14)20(21(23)29)25-24-18/h1,3-8,13H,2,9-12H2,(H2,23,29)(H,24,25). The van der Waals surface area contributed by atoms with Gasteiger partial charge in [-0.25, -0.2) is 4.39 Å². The van der Waals surface area contributed by atoms with Gasteiger partial charge in [-0.15, -0.1) is 0 Å². The smallest absolute Gasteiger partial charge is 0.269 e. The topological polar surface area (TPSA) is 95.3 Å². The molecular formula is C21H21FN5O2. The van der Waals surface area contributed by atoms with Gasteiger partial charge in [0.25, 0.3) is 5.91 Å². The monoisotopic (exact) mass is 394 g/mol. The summed E-state index contributed by atoms with van der Waals surface area (Å²) in [6.07, 6.45) is 2.11. The molecular weight excluding hydrogens is 373 g/mol.